The average molecular weight is 312 g/mol. The number of carbonyl (C=O) groups excluding carboxylic acids is 2. The molecule has 0 aliphatic carbocycles. The first-order chi connectivity index (χ1) is 9.88. The minimum atomic E-state index is -3.62. The number of ether oxygens (including phenoxy) is 1. The second-order valence-electron chi connectivity index (χ2n) is 4.68. The summed E-state index contributed by atoms with van der Waals surface area (Å²) in [6, 6.07) is 8.33. The third kappa shape index (κ3) is 4.04. The van der Waals surface area contributed by atoms with Gasteiger partial charge in [-0.2, -0.15) is 0 Å². The van der Waals surface area contributed by atoms with Crippen LogP contribution in [0.3, 0.4) is 0 Å². The normalized spacial score (nSPS) is 18.7. The van der Waals surface area contributed by atoms with E-state index in [2.05, 4.69) is 5.32 Å². The fourth-order valence-corrected chi connectivity index (χ4v) is 2.89. The van der Waals surface area contributed by atoms with E-state index in [1.165, 1.54) is 0 Å². The fourth-order valence-electron chi connectivity index (χ4n) is 2.02. The zero-order valence-corrected chi connectivity index (χ0v) is 12.2. The summed E-state index contributed by atoms with van der Waals surface area (Å²) in [4.78, 5) is 23.5. The molecular weight excluding hydrogens is 295 g/mol. The Morgan fingerprint density at radius 1 is 1.38 bits per heavy atom. The van der Waals surface area contributed by atoms with Gasteiger partial charge in [-0.25, -0.2) is 4.79 Å². The van der Waals surface area contributed by atoms with Gasteiger partial charge in [0.05, 0.1) is 0 Å². The summed E-state index contributed by atoms with van der Waals surface area (Å²) in [6.45, 7) is 0.246. The van der Waals surface area contributed by atoms with Crippen molar-refractivity contribution in [3.63, 3.8) is 0 Å². The molecule has 1 aliphatic heterocycles. The molecule has 1 saturated heterocycles. The maximum atomic E-state index is 11.9. The highest BCUT2D eigenvalue weighted by Crippen LogP contribution is 2.35. The molecule has 1 unspecified atom stereocenters. The van der Waals surface area contributed by atoms with Crippen molar-refractivity contribution in [3.05, 3.63) is 35.9 Å². The van der Waals surface area contributed by atoms with Crippen molar-refractivity contribution in [3.8, 4) is 0 Å². The van der Waals surface area contributed by atoms with E-state index < -0.39 is 25.6 Å². The number of alkyl carbamates (subject to hydrolysis) is 1. The largest absolute Gasteiger partial charge is 0.445 e. The lowest BCUT2D eigenvalue weighted by atomic mass is 10.2. The number of nitrogens with one attached hydrogen (secondary N) is 1. The highest BCUT2D eigenvalue weighted by atomic mass is 31.2. The smallest absolute Gasteiger partial charge is 0.408 e. The second-order valence-corrected chi connectivity index (χ2v) is 6.51. The predicted octanol–water partition coefficient (Wildman–Crippen LogP) is 0.539. The zero-order chi connectivity index (χ0) is 15.5. The van der Waals surface area contributed by atoms with E-state index in [-0.39, 0.29) is 19.6 Å². The van der Waals surface area contributed by atoms with Gasteiger partial charge in [0.25, 0.3) is 5.91 Å². The third-order valence-electron chi connectivity index (χ3n) is 3.06. The molecule has 1 aliphatic rings. The van der Waals surface area contributed by atoms with Gasteiger partial charge in [0.2, 0.25) is 0 Å². The lowest BCUT2D eigenvalue weighted by Crippen LogP contribution is -2.42. The molecule has 1 heterocycles. The minimum Gasteiger partial charge on any atom is -0.445 e. The molecule has 0 radical (unpaired) electrons. The van der Waals surface area contributed by atoms with E-state index in [0.717, 1.165) is 10.2 Å². The molecule has 21 heavy (non-hydrogen) atoms. The van der Waals surface area contributed by atoms with Gasteiger partial charge in [-0.3, -0.25) is 25.0 Å². The number of benzene rings is 1. The number of hydrogen-bond donors (Lipinski definition) is 3. The Bertz CT molecular complexity index is 574. The van der Waals surface area contributed by atoms with Crippen molar-refractivity contribution in [1.82, 2.24) is 9.99 Å². The fraction of sp³-hybridized carbons (Fsp3) is 0.333. The van der Waals surface area contributed by atoms with Crippen molar-refractivity contribution in [2.75, 3.05) is 6.54 Å². The molecule has 8 nitrogen and oxygen atoms in total. The van der Waals surface area contributed by atoms with Crippen LogP contribution < -0.4 is 16.3 Å². The second kappa shape index (κ2) is 6.26. The van der Waals surface area contributed by atoms with Crippen LogP contribution in [0.2, 0.25) is 0 Å². The van der Waals surface area contributed by atoms with Gasteiger partial charge in [-0.15, -0.1) is 0 Å². The summed E-state index contributed by atoms with van der Waals surface area (Å²) in [6.07, 6.45) is -0.430. The molecule has 2 rings (SSSR count). The highest BCUT2D eigenvalue weighted by molar-refractivity contribution is 7.57. The Hall–Kier alpha value is -1.89. The lowest BCUT2D eigenvalue weighted by molar-refractivity contribution is -0.125. The van der Waals surface area contributed by atoms with E-state index in [9.17, 15) is 14.2 Å². The first-order valence-electron chi connectivity index (χ1n) is 6.34. The van der Waals surface area contributed by atoms with Crippen molar-refractivity contribution in [1.29, 1.82) is 0 Å². The summed E-state index contributed by atoms with van der Waals surface area (Å²) >= 11 is 0. The van der Waals surface area contributed by atoms with Crippen LogP contribution in [0.1, 0.15) is 12.0 Å². The van der Waals surface area contributed by atoms with Crippen LogP contribution in [0.4, 0.5) is 4.79 Å². The van der Waals surface area contributed by atoms with Crippen LogP contribution in [0.25, 0.3) is 0 Å². The van der Waals surface area contributed by atoms with Crippen LogP contribution in [0.5, 0.6) is 0 Å². The van der Waals surface area contributed by atoms with Gasteiger partial charge >= 0.3 is 13.7 Å². The highest BCUT2D eigenvalue weighted by Gasteiger charge is 2.39. The van der Waals surface area contributed by atoms with Gasteiger partial charge in [0.1, 0.15) is 12.6 Å². The molecule has 114 valence electrons. The quantitative estimate of drug-likeness (QED) is 0.696. The average Bonchev–Trinajstić information content (AvgIpc) is 2.79. The summed E-state index contributed by atoms with van der Waals surface area (Å²) in [5.74, 6) is -0.556. The van der Waals surface area contributed by atoms with Gasteiger partial charge in [0, 0.05) is 6.54 Å². The Morgan fingerprint density at radius 3 is 2.62 bits per heavy atom. The van der Waals surface area contributed by atoms with Gasteiger partial charge in [-0.1, -0.05) is 30.3 Å². The number of rotatable bonds is 4. The molecule has 0 bridgehead atoms. The first kappa shape index (κ1) is 15.5. The molecule has 0 saturated carbocycles. The van der Waals surface area contributed by atoms with Crippen molar-refractivity contribution in [2.45, 2.75) is 19.1 Å². The SMILES string of the molecule is NP(N)(=O)N1CCC(NC(=O)OCc2ccccc2)C1=O. The Labute approximate surface area is 121 Å². The Morgan fingerprint density at radius 2 is 2.05 bits per heavy atom. The van der Waals surface area contributed by atoms with Gasteiger partial charge in [0.15, 0.2) is 0 Å². The standard InChI is InChI=1S/C12H17N4O4P/c13-21(14,19)16-7-6-10(11(16)17)15-12(18)20-8-9-4-2-1-3-5-9/h1-5,10H,6-8H2,(H,15,18)(H4,13,14,19). The maximum absolute atomic E-state index is 11.9. The van der Waals surface area contributed by atoms with Crippen LogP contribution in [-0.4, -0.2) is 29.3 Å². The summed E-state index contributed by atoms with van der Waals surface area (Å²) in [7, 11) is -3.62. The summed E-state index contributed by atoms with van der Waals surface area (Å²) < 4.78 is 17.4. The van der Waals surface area contributed by atoms with Crippen LogP contribution in [0.15, 0.2) is 30.3 Å². The van der Waals surface area contributed by atoms with Crippen LogP contribution in [-0.2, 0) is 20.7 Å². The van der Waals surface area contributed by atoms with Gasteiger partial charge in [-0.05, 0) is 12.0 Å². The number of hydrogen-bond acceptors (Lipinski definition) is 4. The molecule has 0 aromatic heterocycles. The summed E-state index contributed by atoms with van der Waals surface area (Å²) in [5, 5.41) is 2.42. The molecule has 2 amide bonds. The third-order valence-corrected chi connectivity index (χ3v) is 4.22. The Kier molecular flexibility index (Phi) is 4.62. The lowest BCUT2D eigenvalue weighted by Gasteiger charge is -2.20. The first-order valence-corrected chi connectivity index (χ1v) is 8.14. The van der Waals surface area contributed by atoms with E-state index >= 15 is 0 Å². The Balaban J connectivity index is 1.84. The molecule has 1 fully saturated rings. The molecule has 1 atom stereocenters. The maximum Gasteiger partial charge on any atom is 0.408 e. The van der Waals surface area contributed by atoms with E-state index in [0.29, 0.717) is 0 Å². The number of nitrogens with zero attached hydrogens (tertiary/aromatic N) is 1. The van der Waals surface area contributed by atoms with Crippen molar-refractivity contribution < 1.29 is 18.9 Å². The monoisotopic (exact) mass is 312 g/mol. The van der Waals surface area contributed by atoms with E-state index in [1.54, 1.807) is 0 Å². The number of amides is 2. The van der Waals surface area contributed by atoms with E-state index in [1.807, 2.05) is 30.3 Å². The summed E-state index contributed by atoms with van der Waals surface area (Å²) in [5.41, 5.74) is 11.3. The van der Waals surface area contributed by atoms with Crippen LogP contribution >= 0.6 is 7.59 Å². The molecule has 1 aromatic carbocycles. The zero-order valence-electron chi connectivity index (χ0n) is 11.3. The topological polar surface area (TPSA) is 128 Å². The molecular formula is C12H17N4O4P. The number of nitrogens with two attached hydrogens (primary N) is 2. The molecule has 1 aromatic rings. The van der Waals surface area contributed by atoms with E-state index in [4.69, 9.17) is 15.7 Å². The minimum absolute atomic E-state index is 0.101. The van der Waals surface area contributed by atoms with Gasteiger partial charge < -0.3 is 10.1 Å². The number of carbonyl (C=O) groups is 2. The van der Waals surface area contributed by atoms with Crippen molar-refractivity contribution >= 4 is 19.6 Å². The van der Waals surface area contributed by atoms with Crippen molar-refractivity contribution in [2.24, 2.45) is 11.0 Å². The predicted molar refractivity (Wildman–Crippen MR) is 75.9 cm³/mol. The molecule has 9 heteroatoms. The molecule has 0 spiro atoms. The van der Waals surface area contributed by atoms with Crippen LogP contribution in [0, 0.1) is 0 Å². The molecule has 5 N–H and O–H groups in total.